The lowest BCUT2D eigenvalue weighted by molar-refractivity contribution is -0.384. The number of amides is 2. The van der Waals surface area contributed by atoms with Gasteiger partial charge in [-0.3, -0.25) is 19.7 Å². The molecule has 2 N–H and O–H groups in total. The Hall–Kier alpha value is -3.05. The first-order valence-electron chi connectivity index (χ1n) is 9.54. The summed E-state index contributed by atoms with van der Waals surface area (Å²) in [5, 5.41) is 16.8. The van der Waals surface area contributed by atoms with Gasteiger partial charge in [0.05, 0.1) is 11.5 Å². The minimum Gasteiger partial charge on any atom is -0.471 e. The van der Waals surface area contributed by atoms with Gasteiger partial charge in [-0.1, -0.05) is 19.3 Å². The van der Waals surface area contributed by atoms with Crippen molar-refractivity contribution in [3.8, 4) is 5.88 Å². The maximum atomic E-state index is 12.7. The number of pyridine rings is 1. The summed E-state index contributed by atoms with van der Waals surface area (Å²) in [6.45, 7) is -1.35. The van der Waals surface area contributed by atoms with Gasteiger partial charge >= 0.3 is 5.69 Å². The molecule has 0 aromatic carbocycles. The monoisotopic (exact) mass is 429 g/mol. The summed E-state index contributed by atoms with van der Waals surface area (Å²) in [5.74, 6) is -1.89. The summed E-state index contributed by atoms with van der Waals surface area (Å²) in [7, 11) is 3.00. The number of likely N-dealkylation sites (N-methyl/N-ethyl adjacent to an activating group) is 1. The average molecular weight is 429 g/mol. The summed E-state index contributed by atoms with van der Waals surface area (Å²) >= 11 is 0. The van der Waals surface area contributed by atoms with Crippen molar-refractivity contribution in [3.63, 3.8) is 0 Å². The molecule has 10 nitrogen and oxygen atoms in total. The van der Waals surface area contributed by atoms with Gasteiger partial charge in [0, 0.05) is 26.2 Å². The molecule has 2 amide bonds. The van der Waals surface area contributed by atoms with E-state index in [9.17, 15) is 28.5 Å². The molecule has 30 heavy (non-hydrogen) atoms. The molecule has 1 aromatic heterocycles. The van der Waals surface area contributed by atoms with Crippen LogP contribution in [0.25, 0.3) is 0 Å². The Labute approximate surface area is 172 Å². The molecule has 0 spiro atoms. The average Bonchev–Trinajstić information content (AvgIpc) is 2.70. The second-order valence-electron chi connectivity index (χ2n) is 7.12. The molecular formula is C18H25F2N5O5. The Morgan fingerprint density at radius 3 is 2.57 bits per heavy atom. The minimum atomic E-state index is -2.83. The number of rotatable bonds is 9. The van der Waals surface area contributed by atoms with Crippen LogP contribution in [0.1, 0.15) is 42.5 Å². The summed E-state index contributed by atoms with van der Waals surface area (Å²) < 4.78 is 30.3. The zero-order valence-electron chi connectivity index (χ0n) is 16.8. The summed E-state index contributed by atoms with van der Waals surface area (Å²) in [6.07, 6.45) is 1.65. The van der Waals surface area contributed by atoms with Crippen LogP contribution in [0.15, 0.2) is 6.07 Å². The number of halogens is 2. The smallest absolute Gasteiger partial charge is 0.312 e. The Balaban J connectivity index is 2.34. The molecule has 0 unspecified atom stereocenters. The molecule has 0 aliphatic heterocycles. The van der Waals surface area contributed by atoms with E-state index in [0.717, 1.165) is 38.2 Å². The maximum Gasteiger partial charge on any atom is 0.312 e. The van der Waals surface area contributed by atoms with E-state index in [2.05, 4.69) is 15.6 Å². The second-order valence-corrected chi connectivity index (χ2v) is 7.12. The van der Waals surface area contributed by atoms with E-state index in [4.69, 9.17) is 4.74 Å². The molecule has 0 atom stereocenters. The van der Waals surface area contributed by atoms with Crippen molar-refractivity contribution in [1.29, 1.82) is 0 Å². The van der Waals surface area contributed by atoms with Crippen molar-refractivity contribution < 1.29 is 28.0 Å². The van der Waals surface area contributed by atoms with Gasteiger partial charge in [-0.15, -0.1) is 0 Å². The van der Waals surface area contributed by atoms with Crippen molar-refractivity contribution >= 4 is 23.3 Å². The van der Waals surface area contributed by atoms with Crippen LogP contribution < -0.4 is 15.4 Å². The van der Waals surface area contributed by atoms with Crippen LogP contribution in [0.3, 0.4) is 0 Å². The van der Waals surface area contributed by atoms with Crippen LogP contribution in [0.5, 0.6) is 5.88 Å². The largest absolute Gasteiger partial charge is 0.471 e. The zero-order valence-corrected chi connectivity index (χ0v) is 16.8. The predicted molar refractivity (Wildman–Crippen MR) is 104 cm³/mol. The number of alkyl halides is 2. The molecule has 0 radical (unpaired) electrons. The fourth-order valence-corrected chi connectivity index (χ4v) is 3.00. The number of nitrogens with zero attached hydrogens (tertiary/aromatic N) is 3. The lowest BCUT2D eigenvalue weighted by Gasteiger charge is -2.23. The van der Waals surface area contributed by atoms with Crippen molar-refractivity contribution in [3.05, 3.63) is 21.7 Å². The van der Waals surface area contributed by atoms with E-state index in [1.807, 2.05) is 0 Å². The number of nitrogens with one attached hydrogen (secondary N) is 2. The minimum absolute atomic E-state index is 0.108. The number of aromatic nitrogens is 1. The molecule has 0 bridgehead atoms. The van der Waals surface area contributed by atoms with Gasteiger partial charge in [0.1, 0.15) is 5.56 Å². The van der Waals surface area contributed by atoms with Crippen LogP contribution in [0.2, 0.25) is 0 Å². The maximum absolute atomic E-state index is 12.7. The van der Waals surface area contributed by atoms with E-state index >= 15 is 0 Å². The Kier molecular flexibility index (Phi) is 8.25. The third-order valence-electron chi connectivity index (χ3n) is 4.60. The highest BCUT2D eigenvalue weighted by atomic mass is 19.3. The van der Waals surface area contributed by atoms with E-state index in [0.29, 0.717) is 0 Å². The normalized spacial score (nSPS) is 14.3. The Bertz CT molecular complexity index is 784. The zero-order chi connectivity index (χ0) is 22.3. The predicted octanol–water partition coefficient (Wildman–Crippen LogP) is 2.20. The van der Waals surface area contributed by atoms with Crippen molar-refractivity contribution in [2.24, 2.45) is 0 Å². The fraction of sp³-hybridized carbons (Fsp3) is 0.611. The van der Waals surface area contributed by atoms with E-state index in [-0.39, 0.29) is 29.9 Å². The highest BCUT2D eigenvalue weighted by Gasteiger charge is 2.27. The van der Waals surface area contributed by atoms with Gasteiger partial charge in [-0.25, -0.2) is 8.78 Å². The summed E-state index contributed by atoms with van der Waals surface area (Å²) in [4.78, 5) is 40.3. The topological polar surface area (TPSA) is 127 Å². The van der Waals surface area contributed by atoms with Gasteiger partial charge in [0.25, 0.3) is 12.3 Å². The van der Waals surface area contributed by atoms with Crippen molar-refractivity contribution in [1.82, 2.24) is 15.2 Å². The van der Waals surface area contributed by atoms with E-state index in [1.54, 1.807) is 0 Å². The van der Waals surface area contributed by atoms with Gasteiger partial charge in [-0.2, -0.15) is 4.98 Å². The second kappa shape index (κ2) is 10.6. The molecule has 1 aromatic rings. The Morgan fingerprint density at radius 2 is 2.00 bits per heavy atom. The van der Waals surface area contributed by atoms with E-state index < -0.39 is 35.4 Å². The van der Waals surface area contributed by atoms with Crippen LogP contribution in [-0.2, 0) is 4.79 Å². The SMILES string of the molecule is CN(C)C(=O)CNc1nc(OCC(F)F)c(C(=O)NC2CCCCC2)cc1[N+](=O)[O-]. The molecule has 1 saturated carbocycles. The first-order chi connectivity index (χ1) is 14.2. The van der Waals surface area contributed by atoms with Crippen molar-refractivity contribution in [2.45, 2.75) is 44.6 Å². The van der Waals surface area contributed by atoms with Crippen LogP contribution in [0, 0.1) is 10.1 Å². The summed E-state index contributed by atoms with van der Waals surface area (Å²) in [5.41, 5.74) is -0.878. The number of hydrogen-bond donors (Lipinski definition) is 2. The van der Waals surface area contributed by atoms with Gasteiger partial charge in [0.2, 0.25) is 17.6 Å². The number of carbonyl (C=O) groups is 2. The summed E-state index contributed by atoms with van der Waals surface area (Å²) in [6, 6.07) is 0.817. The van der Waals surface area contributed by atoms with Gasteiger partial charge < -0.3 is 20.3 Å². The highest BCUT2D eigenvalue weighted by molar-refractivity contribution is 5.98. The molecular weight excluding hydrogens is 404 g/mol. The fourth-order valence-electron chi connectivity index (χ4n) is 3.00. The first kappa shape index (κ1) is 23.2. The molecule has 1 aliphatic rings. The third-order valence-corrected chi connectivity index (χ3v) is 4.60. The van der Waals surface area contributed by atoms with E-state index in [1.165, 1.54) is 19.0 Å². The highest BCUT2D eigenvalue weighted by Crippen LogP contribution is 2.30. The van der Waals surface area contributed by atoms with Gasteiger partial charge in [-0.05, 0) is 12.8 Å². The van der Waals surface area contributed by atoms with Crippen molar-refractivity contribution in [2.75, 3.05) is 32.6 Å². The van der Waals surface area contributed by atoms with Gasteiger partial charge in [0.15, 0.2) is 6.61 Å². The lowest BCUT2D eigenvalue weighted by Crippen LogP contribution is -2.36. The molecule has 2 rings (SSSR count). The number of nitro groups is 1. The van der Waals surface area contributed by atoms with Crippen LogP contribution in [0.4, 0.5) is 20.3 Å². The first-order valence-corrected chi connectivity index (χ1v) is 9.54. The third kappa shape index (κ3) is 6.49. The van der Waals surface area contributed by atoms with Crippen LogP contribution in [-0.4, -0.2) is 66.3 Å². The molecule has 12 heteroatoms. The lowest BCUT2D eigenvalue weighted by atomic mass is 9.95. The quantitative estimate of drug-likeness (QED) is 0.455. The Morgan fingerprint density at radius 1 is 1.33 bits per heavy atom. The number of carbonyl (C=O) groups excluding carboxylic acids is 2. The number of anilines is 1. The number of ether oxygens (including phenoxy) is 1. The number of hydrogen-bond acceptors (Lipinski definition) is 7. The van der Waals surface area contributed by atoms with Crippen LogP contribution >= 0.6 is 0 Å². The molecule has 0 saturated heterocycles. The molecule has 166 valence electrons. The molecule has 1 aliphatic carbocycles. The molecule has 1 fully saturated rings. The standard InChI is InChI=1S/C18H25F2N5O5/c1-24(2)15(26)9-21-16-13(25(28)29)8-12(18(23-16)30-10-14(19)20)17(27)22-11-6-4-3-5-7-11/h8,11,14H,3-7,9-10H2,1-2H3,(H,21,23)(H,22,27). The molecule has 1 heterocycles.